The van der Waals surface area contributed by atoms with E-state index in [9.17, 15) is 19.1 Å². The van der Waals surface area contributed by atoms with Gasteiger partial charge in [-0.15, -0.1) is 0 Å². The molecule has 6 nitrogen and oxygen atoms in total. The molecule has 3 N–H and O–H groups in total. The van der Waals surface area contributed by atoms with Gasteiger partial charge in [0.1, 0.15) is 11.4 Å². The topological polar surface area (TPSA) is 88.6 Å². The van der Waals surface area contributed by atoms with Crippen LogP contribution in [-0.4, -0.2) is 34.8 Å². The van der Waals surface area contributed by atoms with Crippen LogP contribution in [0.15, 0.2) is 23.0 Å². The molecule has 7 heteroatoms. The third kappa shape index (κ3) is 2.76. The van der Waals surface area contributed by atoms with Crippen molar-refractivity contribution < 1.29 is 14.3 Å². The number of carbonyl (C=O) groups is 1. The Morgan fingerprint density at radius 2 is 2.04 bits per heavy atom. The van der Waals surface area contributed by atoms with Crippen LogP contribution in [0.1, 0.15) is 42.6 Å². The standard InChI is InChI=1S/C19H22FN3O3/c1-10(21)11-4-5-22(9-11)17-8-16-12(7-15(17)20)6-14(19(25)26)18(24)23(16)13-2-3-13/h6-8,10-11,13H,2-5,9,21H2,1H3,(H,25,26)/t10-,11+/m0/s1. The van der Waals surface area contributed by atoms with Crippen LogP contribution in [0.25, 0.3) is 10.9 Å². The van der Waals surface area contributed by atoms with Crippen molar-refractivity contribution in [3.05, 3.63) is 39.9 Å². The van der Waals surface area contributed by atoms with Crippen molar-refractivity contribution in [1.82, 2.24) is 4.57 Å². The van der Waals surface area contributed by atoms with Gasteiger partial charge in [0.25, 0.3) is 5.56 Å². The maximum atomic E-state index is 14.8. The SMILES string of the molecule is C[C@H](N)[C@@H]1CCN(c2cc3c(cc2F)cc(C(=O)O)c(=O)n3C2CC2)C1. The lowest BCUT2D eigenvalue weighted by molar-refractivity contribution is 0.0694. The van der Waals surface area contributed by atoms with Gasteiger partial charge >= 0.3 is 5.97 Å². The van der Waals surface area contributed by atoms with E-state index < -0.39 is 17.3 Å². The Morgan fingerprint density at radius 3 is 2.62 bits per heavy atom. The minimum atomic E-state index is -1.28. The van der Waals surface area contributed by atoms with E-state index in [1.807, 2.05) is 11.8 Å². The van der Waals surface area contributed by atoms with Crippen molar-refractivity contribution >= 4 is 22.6 Å². The molecule has 2 aromatic rings. The lowest BCUT2D eigenvalue weighted by atomic mass is 10.0. The van der Waals surface area contributed by atoms with E-state index in [2.05, 4.69) is 0 Å². The van der Waals surface area contributed by atoms with Crippen LogP contribution < -0.4 is 16.2 Å². The van der Waals surface area contributed by atoms with Crippen LogP contribution in [0, 0.1) is 11.7 Å². The molecule has 0 radical (unpaired) electrons. The van der Waals surface area contributed by atoms with Crippen LogP contribution in [-0.2, 0) is 0 Å². The maximum absolute atomic E-state index is 14.8. The molecule has 2 heterocycles. The number of nitrogens with two attached hydrogens (primary N) is 1. The lowest BCUT2D eigenvalue weighted by Crippen LogP contribution is -2.30. The van der Waals surface area contributed by atoms with Gasteiger partial charge in [0, 0.05) is 30.6 Å². The highest BCUT2D eigenvalue weighted by molar-refractivity contribution is 5.93. The fraction of sp³-hybridized carbons (Fsp3) is 0.474. The van der Waals surface area contributed by atoms with Gasteiger partial charge in [-0.3, -0.25) is 4.79 Å². The molecule has 0 amide bonds. The van der Waals surface area contributed by atoms with Crippen molar-refractivity contribution in [2.45, 2.75) is 38.3 Å². The monoisotopic (exact) mass is 359 g/mol. The maximum Gasteiger partial charge on any atom is 0.341 e. The van der Waals surface area contributed by atoms with Crippen molar-refractivity contribution in [2.75, 3.05) is 18.0 Å². The molecule has 26 heavy (non-hydrogen) atoms. The van der Waals surface area contributed by atoms with Gasteiger partial charge in [-0.25, -0.2) is 9.18 Å². The van der Waals surface area contributed by atoms with Crippen LogP contribution in [0.3, 0.4) is 0 Å². The fourth-order valence-electron chi connectivity index (χ4n) is 3.87. The second kappa shape index (κ2) is 6.09. The molecule has 2 fully saturated rings. The lowest BCUT2D eigenvalue weighted by Gasteiger charge is -2.22. The predicted molar refractivity (Wildman–Crippen MR) is 97.4 cm³/mol. The average Bonchev–Trinajstić information content (AvgIpc) is 3.28. The quantitative estimate of drug-likeness (QED) is 0.875. The van der Waals surface area contributed by atoms with Crippen molar-refractivity contribution in [3.63, 3.8) is 0 Å². The number of nitrogens with zero attached hydrogens (tertiary/aromatic N) is 2. The zero-order valence-corrected chi connectivity index (χ0v) is 14.6. The van der Waals surface area contributed by atoms with Gasteiger partial charge < -0.3 is 20.3 Å². The summed E-state index contributed by atoms with van der Waals surface area (Å²) >= 11 is 0. The third-order valence-electron chi connectivity index (χ3n) is 5.56. The number of rotatable bonds is 4. The molecule has 4 rings (SSSR count). The number of pyridine rings is 1. The van der Waals surface area contributed by atoms with Gasteiger partial charge in [-0.2, -0.15) is 0 Å². The van der Waals surface area contributed by atoms with Gasteiger partial charge in [-0.05, 0) is 50.3 Å². The van der Waals surface area contributed by atoms with Crippen LogP contribution in [0.5, 0.6) is 0 Å². The summed E-state index contributed by atoms with van der Waals surface area (Å²) in [5, 5.41) is 9.74. The summed E-state index contributed by atoms with van der Waals surface area (Å²) in [6.45, 7) is 3.36. The summed E-state index contributed by atoms with van der Waals surface area (Å²) < 4.78 is 16.3. The summed E-state index contributed by atoms with van der Waals surface area (Å²) in [7, 11) is 0. The van der Waals surface area contributed by atoms with Gasteiger partial charge in [-0.1, -0.05) is 0 Å². The van der Waals surface area contributed by atoms with Crippen molar-refractivity contribution in [2.24, 2.45) is 11.7 Å². The van der Waals surface area contributed by atoms with E-state index in [1.54, 1.807) is 6.07 Å². The van der Waals surface area contributed by atoms with E-state index >= 15 is 0 Å². The molecule has 1 saturated heterocycles. The highest BCUT2D eigenvalue weighted by Gasteiger charge is 2.31. The molecule has 0 unspecified atom stereocenters. The molecule has 1 aliphatic heterocycles. The molecule has 138 valence electrons. The number of carboxylic acid groups (broad SMARTS) is 1. The molecule has 0 spiro atoms. The molecular weight excluding hydrogens is 337 g/mol. The fourth-order valence-corrected chi connectivity index (χ4v) is 3.87. The first kappa shape index (κ1) is 17.0. The molecule has 1 aromatic heterocycles. The second-order valence-corrected chi connectivity index (χ2v) is 7.49. The predicted octanol–water partition coefficient (Wildman–Crippen LogP) is 2.35. The van der Waals surface area contributed by atoms with Crippen molar-refractivity contribution in [1.29, 1.82) is 0 Å². The first-order chi connectivity index (χ1) is 12.4. The molecule has 0 bridgehead atoms. The zero-order chi connectivity index (χ0) is 18.6. The highest BCUT2D eigenvalue weighted by Crippen LogP contribution is 2.38. The van der Waals surface area contributed by atoms with Crippen molar-refractivity contribution in [3.8, 4) is 0 Å². The third-order valence-corrected chi connectivity index (χ3v) is 5.56. The van der Waals surface area contributed by atoms with Gasteiger partial charge in [0.05, 0.1) is 11.2 Å². The van der Waals surface area contributed by atoms with E-state index in [4.69, 9.17) is 5.73 Å². The number of hydrogen-bond donors (Lipinski definition) is 2. The largest absolute Gasteiger partial charge is 0.477 e. The molecule has 1 saturated carbocycles. The summed E-state index contributed by atoms with van der Waals surface area (Å²) in [5.41, 5.74) is 6.21. The average molecular weight is 359 g/mol. The number of benzene rings is 1. The Morgan fingerprint density at radius 1 is 1.31 bits per heavy atom. The number of anilines is 1. The van der Waals surface area contributed by atoms with Crippen LogP contribution >= 0.6 is 0 Å². The number of fused-ring (bicyclic) bond motifs is 1. The Hall–Kier alpha value is -2.41. The number of halogens is 1. The summed E-state index contributed by atoms with van der Waals surface area (Å²) in [4.78, 5) is 26.0. The summed E-state index contributed by atoms with van der Waals surface area (Å²) in [5.74, 6) is -1.37. The van der Waals surface area contributed by atoms with E-state index in [1.165, 1.54) is 16.7 Å². The smallest absolute Gasteiger partial charge is 0.341 e. The first-order valence-corrected chi connectivity index (χ1v) is 8.99. The summed E-state index contributed by atoms with van der Waals surface area (Å²) in [6, 6.07) is 4.36. The number of aromatic nitrogens is 1. The minimum Gasteiger partial charge on any atom is -0.477 e. The minimum absolute atomic E-state index is 0.00185. The Kier molecular flexibility index (Phi) is 3.99. The molecule has 1 aromatic carbocycles. The molecule has 2 atom stereocenters. The Labute approximate surface area is 150 Å². The van der Waals surface area contributed by atoms with Gasteiger partial charge in [0.15, 0.2) is 0 Å². The van der Waals surface area contributed by atoms with E-state index in [-0.39, 0.29) is 17.6 Å². The number of aromatic carboxylic acids is 1. The first-order valence-electron chi connectivity index (χ1n) is 8.99. The van der Waals surface area contributed by atoms with Gasteiger partial charge in [0.2, 0.25) is 0 Å². The van der Waals surface area contributed by atoms with E-state index in [0.29, 0.717) is 29.1 Å². The molecule has 1 aliphatic carbocycles. The highest BCUT2D eigenvalue weighted by atomic mass is 19.1. The zero-order valence-electron chi connectivity index (χ0n) is 14.6. The molecular formula is C19H22FN3O3. The second-order valence-electron chi connectivity index (χ2n) is 7.49. The summed E-state index contributed by atoms with van der Waals surface area (Å²) in [6.07, 6.45) is 2.57. The van der Waals surface area contributed by atoms with E-state index in [0.717, 1.165) is 25.8 Å². The van der Waals surface area contributed by atoms with Crippen LogP contribution in [0.4, 0.5) is 10.1 Å². The number of carboxylic acids is 1. The molecule has 2 aliphatic rings. The Balaban J connectivity index is 1.86. The Bertz CT molecular complexity index is 949. The van der Waals surface area contributed by atoms with Crippen LogP contribution in [0.2, 0.25) is 0 Å². The number of hydrogen-bond acceptors (Lipinski definition) is 4. The normalized spacial score (nSPS) is 21.3.